The van der Waals surface area contributed by atoms with Crippen molar-refractivity contribution < 1.29 is 23.8 Å². The third kappa shape index (κ3) is 3.80. The molecule has 0 N–H and O–H groups in total. The van der Waals surface area contributed by atoms with Crippen LogP contribution in [0.3, 0.4) is 0 Å². The Kier molecular flexibility index (Phi) is 5.23. The normalized spacial score (nSPS) is 9.67. The van der Waals surface area contributed by atoms with E-state index in [1.807, 2.05) is 0 Å². The summed E-state index contributed by atoms with van der Waals surface area (Å²) in [4.78, 5) is 22.6. The number of methoxy groups -OCH3 is 1. The molecule has 0 heterocycles. The lowest BCUT2D eigenvalue weighted by molar-refractivity contribution is -0.145. The van der Waals surface area contributed by atoms with Gasteiger partial charge in [-0.05, 0) is 13.0 Å². The first-order valence-electron chi connectivity index (χ1n) is 5.34. The molecule has 2 radical (unpaired) electrons. The highest BCUT2D eigenvalue weighted by molar-refractivity contribution is 6.32. The van der Waals surface area contributed by atoms with Crippen molar-refractivity contribution in [2.75, 3.05) is 20.3 Å². The lowest BCUT2D eigenvalue weighted by Gasteiger charge is -2.10. The van der Waals surface area contributed by atoms with Gasteiger partial charge in [0.1, 0.15) is 19.2 Å². The molecule has 0 saturated heterocycles. The Hall–Kier alpha value is -1.98. The van der Waals surface area contributed by atoms with Crippen LogP contribution in [0.4, 0.5) is 0 Å². The summed E-state index contributed by atoms with van der Waals surface area (Å²) in [6.45, 7) is 1.69. The Morgan fingerprint density at radius 1 is 1.33 bits per heavy atom. The standard InChI is InChI=1S/C12H13BO5/c1-3-17-11(14)7-18-10-5-4-8(13)6-9(10)12(15)16-2/h4-6H,3,7H2,1-2H3. The van der Waals surface area contributed by atoms with E-state index in [4.69, 9.17) is 17.3 Å². The lowest BCUT2D eigenvalue weighted by Crippen LogP contribution is -2.17. The van der Waals surface area contributed by atoms with Crippen LogP contribution in [-0.2, 0) is 14.3 Å². The molecular formula is C12H13BO5. The molecular weight excluding hydrogens is 235 g/mol. The molecule has 0 fully saturated rings. The van der Waals surface area contributed by atoms with Crippen molar-refractivity contribution in [2.45, 2.75) is 6.92 Å². The molecule has 0 aliphatic heterocycles. The minimum Gasteiger partial charge on any atom is -0.481 e. The summed E-state index contributed by atoms with van der Waals surface area (Å²) in [7, 11) is 6.82. The molecule has 0 saturated carbocycles. The van der Waals surface area contributed by atoms with Crippen LogP contribution in [0.2, 0.25) is 0 Å². The predicted octanol–water partition coefficient (Wildman–Crippen LogP) is 0.209. The fourth-order valence-electron chi connectivity index (χ4n) is 1.28. The van der Waals surface area contributed by atoms with E-state index >= 15 is 0 Å². The third-order valence-corrected chi connectivity index (χ3v) is 2.06. The Labute approximate surface area is 106 Å². The first kappa shape index (κ1) is 14.1. The van der Waals surface area contributed by atoms with Crippen LogP contribution >= 0.6 is 0 Å². The van der Waals surface area contributed by atoms with Gasteiger partial charge in [-0.25, -0.2) is 9.59 Å². The molecule has 5 nitrogen and oxygen atoms in total. The molecule has 0 aliphatic carbocycles. The molecule has 6 heteroatoms. The van der Waals surface area contributed by atoms with Crippen LogP contribution in [-0.4, -0.2) is 40.1 Å². The first-order chi connectivity index (χ1) is 8.58. The number of hydrogen-bond donors (Lipinski definition) is 0. The van der Waals surface area contributed by atoms with E-state index < -0.39 is 11.9 Å². The Balaban J connectivity index is 2.81. The molecule has 0 bridgehead atoms. The third-order valence-electron chi connectivity index (χ3n) is 2.06. The highest BCUT2D eigenvalue weighted by atomic mass is 16.6. The van der Waals surface area contributed by atoms with Gasteiger partial charge in [-0.3, -0.25) is 0 Å². The highest BCUT2D eigenvalue weighted by Crippen LogP contribution is 2.17. The van der Waals surface area contributed by atoms with E-state index in [1.54, 1.807) is 13.0 Å². The molecule has 0 aromatic heterocycles. The zero-order valence-electron chi connectivity index (χ0n) is 10.3. The van der Waals surface area contributed by atoms with E-state index in [1.165, 1.54) is 19.2 Å². The quantitative estimate of drug-likeness (QED) is 0.550. The summed E-state index contributed by atoms with van der Waals surface area (Å²) in [6, 6.07) is 4.49. The topological polar surface area (TPSA) is 61.8 Å². The van der Waals surface area contributed by atoms with E-state index in [0.29, 0.717) is 5.46 Å². The van der Waals surface area contributed by atoms with Gasteiger partial charge < -0.3 is 14.2 Å². The van der Waals surface area contributed by atoms with Gasteiger partial charge in [-0.2, -0.15) is 0 Å². The molecule has 18 heavy (non-hydrogen) atoms. The van der Waals surface area contributed by atoms with Gasteiger partial charge in [0.05, 0.1) is 13.7 Å². The minimum absolute atomic E-state index is 0.168. The number of carbonyl (C=O) groups excluding carboxylic acids is 2. The Morgan fingerprint density at radius 3 is 2.67 bits per heavy atom. The predicted molar refractivity (Wildman–Crippen MR) is 65.3 cm³/mol. The van der Waals surface area contributed by atoms with Gasteiger partial charge in [0.25, 0.3) is 0 Å². The van der Waals surface area contributed by atoms with Crippen molar-refractivity contribution in [1.82, 2.24) is 0 Å². The van der Waals surface area contributed by atoms with Crippen LogP contribution in [0, 0.1) is 0 Å². The Bertz CT molecular complexity index is 444. The smallest absolute Gasteiger partial charge is 0.344 e. The SMILES string of the molecule is [B]c1ccc(OCC(=O)OCC)c(C(=O)OC)c1. The second-order valence-electron chi connectivity index (χ2n) is 3.34. The molecule has 0 spiro atoms. The van der Waals surface area contributed by atoms with Gasteiger partial charge in [0, 0.05) is 0 Å². The molecule has 94 valence electrons. The summed E-state index contributed by atoms with van der Waals surface area (Å²) in [5.41, 5.74) is 0.570. The molecule has 0 atom stereocenters. The largest absolute Gasteiger partial charge is 0.481 e. The first-order valence-corrected chi connectivity index (χ1v) is 5.34. The number of ether oxygens (including phenoxy) is 3. The van der Waals surface area contributed by atoms with Crippen molar-refractivity contribution in [3.63, 3.8) is 0 Å². The van der Waals surface area contributed by atoms with Crippen LogP contribution in [0.25, 0.3) is 0 Å². The lowest BCUT2D eigenvalue weighted by atomic mass is 9.94. The average molecular weight is 248 g/mol. The van der Waals surface area contributed by atoms with E-state index in [0.717, 1.165) is 0 Å². The van der Waals surface area contributed by atoms with Gasteiger partial charge in [0.2, 0.25) is 0 Å². The van der Waals surface area contributed by atoms with Gasteiger partial charge in [-0.1, -0.05) is 17.6 Å². The maximum absolute atomic E-state index is 11.5. The van der Waals surface area contributed by atoms with Crippen LogP contribution in [0.1, 0.15) is 17.3 Å². The maximum atomic E-state index is 11.5. The van der Waals surface area contributed by atoms with Crippen molar-refractivity contribution in [3.8, 4) is 5.75 Å². The molecule has 1 aromatic rings. The van der Waals surface area contributed by atoms with E-state index in [2.05, 4.69) is 4.74 Å². The second kappa shape index (κ2) is 6.69. The molecule has 0 amide bonds. The second-order valence-corrected chi connectivity index (χ2v) is 3.34. The highest BCUT2D eigenvalue weighted by Gasteiger charge is 2.14. The fraction of sp³-hybridized carbons (Fsp3) is 0.333. The summed E-state index contributed by atoms with van der Waals surface area (Å²) < 4.78 is 14.5. The monoisotopic (exact) mass is 248 g/mol. The summed E-state index contributed by atoms with van der Waals surface area (Å²) in [6.07, 6.45) is 0. The summed E-state index contributed by atoms with van der Waals surface area (Å²) >= 11 is 0. The summed E-state index contributed by atoms with van der Waals surface area (Å²) in [5.74, 6) is -0.865. The van der Waals surface area contributed by atoms with Gasteiger partial charge in [0.15, 0.2) is 6.61 Å². The minimum atomic E-state index is -0.582. The Morgan fingerprint density at radius 2 is 2.06 bits per heavy atom. The number of carbonyl (C=O) groups is 2. The van der Waals surface area contributed by atoms with Crippen molar-refractivity contribution in [2.24, 2.45) is 0 Å². The van der Waals surface area contributed by atoms with Crippen molar-refractivity contribution >= 4 is 25.2 Å². The molecule has 0 aliphatic rings. The number of esters is 2. The number of rotatable bonds is 5. The number of hydrogen-bond acceptors (Lipinski definition) is 5. The van der Waals surface area contributed by atoms with Crippen molar-refractivity contribution in [3.05, 3.63) is 23.8 Å². The maximum Gasteiger partial charge on any atom is 0.344 e. The summed E-state index contributed by atoms with van der Waals surface area (Å²) in [5, 5.41) is 0. The molecule has 1 rings (SSSR count). The van der Waals surface area contributed by atoms with Crippen LogP contribution in [0.15, 0.2) is 18.2 Å². The van der Waals surface area contributed by atoms with E-state index in [9.17, 15) is 9.59 Å². The van der Waals surface area contributed by atoms with Gasteiger partial charge in [-0.15, -0.1) is 0 Å². The van der Waals surface area contributed by atoms with Crippen molar-refractivity contribution in [1.29, 1.82) is 0 Å². The zero-order chi connectivity index (χ0) is 13.5. The number of benzene rings is 1. The van der Waals surface area contributed by atoms with Crippen LogP contribution in [0.5, 0.6) is 5.75 Å². The molecule has 1 aromatic carbocycles. The fourth-order valence-corrected chi connectivity index (χ4v) is 1.28. The van der Waals surface area contributed by atoms with Crippen LogP contribution < -0.4 is 10.2 Å². The zero-order valence-corrected chi connectivity index (χ0v) is 10.3. The molecule has 0 unspecified atom stereocenters. The average Bonchev–Trinajstić information content (AvgIpc) is 2.36. The van der Waals surface area contributed by atoms with Gasteiger partial charge >= 0.3 is 11.9 Å². The van der Waals surface area contributed by atoms with E-state index in [-0.39, 0.29) is 24.5 Å².